The van der Waals surface area contributed by atoms with Gasteiger partial charge in [-0.1, -0.05) is 12.1 Å². The molecule has 0 spiro atoms. The summed E-state index contributed by atoms with van der Waals surface area (Å²) in [5, 5.41) is 20.9. The molecule has 1 aromatic rings. The summed E-state index contributed by atoms with van der Waals surface area (Å²) in [7, 11) is 0. The van der Waals surface area contributed by atoms with E-state index < -0.39 is 22.9 Å². The van der Waals surface area contributed by atoms with Crippen molar-refractivity contribution in [2.24, 2.45) is 5.73 Å². The second-order valence-corrected chi connectivity index (χ2v) is 6.21. The molecular formula is C19H23N3O7. The summed E-state index contributed by atoms with van der Waals surface area (Å²) >= 11 is 0. The topological polar surface area (TPSA) is 145 Å². The van der Waals surface area contributed by atoms with Crippen LogP contribution < -0.4 is 5.73 Å². The fourth-order valence-electron chi connectivity index (χ4n) is 3.29. The van der Waals surface area contributed by atoms with Crippen molar-refractivity contribution in [3.05, 3.63) is 62.7 Å². The van der Waals surface area contributed by atoms with Crippen LogP contribution in [0.5, 0.6) is 0 Å². The minimum Gasteiger partial charge on any atom is -0.494 e. The molecule has 0 radical (unpaired) electrons. The minimum atomic E-state index is -1.30. The number of hydrogen-bond acceptors (Lipinski definition) is 7. The molecule has 10 heteroatoms. The van der Waals surface area contributed by atoms with Gasteiger partial charge in [-0.15, -0.1) is 0 Å². The van der Waals surface area contributed by atoms with Crippen LogP contribution in [0.1, 0.15) is 32.3 Å². The lowest BCUT2D eigenvalue weighted by Crippen LogP contribution is -2.36. The van der Waals surface area contributed by atoms with Crippen molar-refractivity contribution in [1.29, 1.82) is 0 Å². The van der Waals surface area contributed by atoms with E-state index in [1.807, 2.05) is 0 Å². The zero-order valence-corrected chi connectivity index (χ0v) is 16.4. The summed E-state index contributed by atoms with van der Waals surface area (Å²) in [5.41, 5.74) is 6.19. The van der Waals surface area contributed by atoms with Gasteiger partial charge in [-0.05, 0) is 26.3 Å². The molecule has 0 saturated heterocycles. The lowest BCUT2D eigenvalue weighted by Gasteiger charge is -2.35. The number of nitro groups is 1. The molecule has 10 nitrogen and oxygen atoms in total. The average molecular weight is 405 g/mol. The SMILES string of the molecule is CCOC(=O)C1=C(C)N(C(=O)O)C(C)=C(OCCN)C1c1cccc([N+](=O)[O-])c1. The highest BCUT2D eigenvalue weighted by atomic mass is 16.6. The summed E-state index contributed by atoms with van der Waals surface area (Å²) in [6, 6.07) is 5.75. The van der Waals surface area contributed by atoms with E-state index in [2.05, 4.69) is 0 Å². The van der Waals surface area contributed by atoms with Gasteiger partial charge in [-0.3, -0.25) is 15.0 Å². The van der Waals surface area contributed by atoms with E-state index in [4.69, 9.17) is 15.2 Å². The molecule has 1 aromatic carbocycles. The first kappa shape index (κ1) is 21.9. The number of nitro benzene ring substituents is 1. The Morgan fingerprint density at radius 3 is 2.55 bits per heavy atom. The van der Waals surface area contributed by atoms with Gasteiger partial charge >= 0.3 is 12.1 Å². The van der Waals surface area contributed by atoms with E-state index in [-0.39, 0.29) is 48.2 Å². The fraction of sp³-hybridized carbons (Fsp3) is 0.368. The highest BCUT2D eigenvalue weighted by molar-refractivity contribution is 5.93. The maximum absolute atomic E-state index is 12.8. The van der Waals surface area contributed by atoms with Gasteiger partial charge in [0.15, 0.2) is 0 Å². The molecule has 29 heavy (non-hydrogen) atoms. The number of allylic oxidation sites excluding steroid dienone is 3. The summed E-state index contributed by atoms with van der Waals surface area (Å²) < 4.78 is 10.9. The van der Waals surface area contributed by atoms with E-state index in [0.717, 1.165) is 4.90 Å². The third kappa shape index (κ3) is 4.37. The van der Waals surface area contributed by atoms with Crippen molar-refractivity contribution in [1.82, 2.24) is 4.90 Å². The fourth-order valence-corrected chi connectivity index (χ4v) is 3.29. The van der Waals surface area contributed by atoms with Crippen LogP contribution in [0.4, 0.5) is 10.5 Å². The first-order valence-electron chi connectivity index (χ1n) is 8.93. The molecule has 156 valence electrons. The maximum Gasteiger partial charge on any atom is 0.416 e. The molecule has 1 heterocycles. The molecule has 0 aromatic heterocycles. The third-order valence-corrected chi connectivity index (χ3v) is 4.44. The lowest BCUT2D eigenvalue weighted by atomic mass is 9.84. The van der Waals surface area contributed by atoms with Crippen LogP contribution in [0.15, 0.2) is 47.0 Å². The van der Waals surface area contributed by atoms with E-state index in [1.165, 1.54) is 32.0 Å². The van der Waals surface area contributed by atoms with Crippen molar-refractivity contribution in [2.45, 2.75) is 26.7 Å². The third-order valence-electron chi connectivity index (χ3n) is 4.44. The predicted molar refractivity (Wildman–Crippen MR) is 103 cm³/mol. The van der Waals surface area contributed by atoms with E-state index in [9.17, 15) is 24.8 Å². The molecule has 0 aliphatic carbocycles. The normalized spacial score (nSPS) is 16.7. The zero-order valence-electron chi connectivity index (χ0n) is 16.4. The van der Waals surface area contributed by atoms with Crippen LogP contribution in [0.25, 0.3) is 0 Å². The van der Waals surface area contributed by atoms with Crippen LogP contribution in [-0.4, -0.2) is 46.8 Å². The van der Waals surface area contributed by atoms with Gasteiger partial charge in [0.25, 0.3) is 5.69 Å². The number of rotatable bonds is 7. The van der Waals surface area contributed by atoms with Gasteiger partial charge in [-0.25, -0.2) is 9.59 Å². The number of amides is 1. The number of carbonyl (C=O) groups excluding carboxylic acids is 1. The number of nitrogens with zero attached hydrogens (tertiary/aromatic N) is 2. The monoisotopic (exact) mass is 405 g/mol. The number of nitrogens with two attached hydrogens (primary N) is 1. The van der Waals surface area contributed by atoms with Crippen LogP contribution in [0, 0.1) is 10.1 Å². The van der Waals surface area contributed by atoms with Gasteiger partial charge in [0.2, 0.25) is 0 Å². The minimum absolute atomic E-state index is 0.0346. The zero-order chi connectivity index (χ0) is 21.7. The van der Waals surface area contributed by atoms with Crippen molar-refractivity contribution in [3.63, 3.8) is 0 Å². The Balaban J connectivity index is 2.77. The number of carbonyl (C=O) groups is 2. The van der Waals surface area contributed by atoms with Crippen LogP contribution >= 0.6 is 0 Å². The van der Waals surface area contributed by atoms with Gasteiger partial charge in [0.1, 0.15) is 12.4 Å². The quantitative estimate of drug-likeness (QED) is 0.400. The Hall–Kier alpha value is -3.40. The van der Waals surface area contributed by atoms with E-state index >= 15 is 0 Å². The van der Waals surface area contributed by atoms with Gasteiger partial charge < -0.3 is 20.3 Å². The first-order valence-corrected chi connectivity index (χ1v) is 8.93. The van der Waals surface area contributed by atoms with Gasteiger partial charge in [0.05, 0.1) is 28.7 Å². The molecule has 1 amide bonds. The number of esters is 1. The molecule has 1 aliphatic rings. The molecular weight excluding hydrogens is 382 g/mol. The highest BCUT2D eigenvalue weighted by Gasteiger charge is 2.40. The molecule has 0 fully saturated rings. The van der Waals surface area contributed by atoms with Crippen LogP contribution in [0.3, 0.4) is 0 Å². The van der Waals surface area contributed by atoms with Crippen molar-refractivity contribution < 1.29 is 29.1 Å². The molecule has 1 unspecified atom stereocenters. The Labute approximate surface area is 167 Å². The largest absolute Gasteiger partial charge is 0.494 e. The Bertz CT molecular complexity index is 892. The standard InChI is InChI=1S/C19H23N3O7/c1-4-28-18(23)15-11(2)21(19(24)25)12(3)17(29-9-8-20)16(15)13-6-5-7-14(10-13)22(26)27/h5-7,10,16H,4,8-9,20H2,1-3H3,(H,24,25). The van der Waals surface area contributed by atoms with Crippen molar-refractivity contribution in [3.8, 4) is 0 Å². The summed E-state index contributed by atoms with van der Waals surface area (Å²) in [4.78, 5) is 36.2. The molecule has 3 N–H and O–H groups in total. The van der Waals surface area contributed by atoms with Crippen LogP contribution in [-0.2, 0) is 14.3 Å². The second kappa shape index (κ2) is 9.20. The van der Waals surface area contributed by atoms with Crippen LogP contribution in [0.2, 0.25) is 0 Å². The van der Waals surface area contributed by atoms with E-state index in [1.54, 1.807) is 13.0 Å². The number of ether oxygens (including phenoxy) is 2. The summed E-state index contributed by atoms with van der Waals surface area (Å²) in [6.07, 6.45) is -1.30. The Kier molecular flexibility index (Phi) is 6.94. The van der Waals surface area contributed by atoms with Crippen molar-refractivity contribution >= 4 is 17.7 Å². The lowest BCUT2D eigenvalue weighted by molar-refractivity contribution is -0.384. The van der Waals surface area contributed by atoms with E-state index in [0.29, 0.717) is 5.56 Å². The second-order valence-electron chi connectivity index (χ2n) is 6.21. The van der Waals surface area contributed by atoms with Gasteiger partial charge in [-0.2, -0.15) is 0 Å². The molecule has 0 bridgehead atoms. The Morgan fingerprint density at radius 2 is 2.00 bits per heavy atom. The molecule has 2 rings (SSSR count). The number of carboxylic acid groups (broad SMARTS) is 1. The highest BCUT2D eigenvalue weighted by Crippen LogP contribution is 2.43. The number of non-ortho nitro benzene ring substituents is 1. The van der Waals surface area contributed by atoms with Gasteiger partial charge in [0, 0.05) is 24.4 Å². The molecule has 0 saturated carbocycles. The summed E-state index contributed by atoms with van der Waals surface area (Å²) in [6.45, 7) is 4.94. The number of benzene rings is 1. The van der Waals surface area contributed by atoms with Crippen molar-refractivity contribution in [2.75, 3.05) is 19.8 Å². The average Bonchev–Trinajstić information content (AvgIpc) is 2.66. The molecule has 1 aliphatic heterocycles. The Morgan fingerprint density at radius 1 is 1.31 bits per heavy atom. The molecule has 1 atom stereocenters. The summed E-state index contributed by atoms with van der Waals surface area (Å²) in [5.74, 6) is -1.43. The predicted octanol–water partition coefficient (Wildman–Crippen LogP) is 2.72. The maximum atomic E-state index is 12.8. The number of hydrogen-bond donors (Lipinski definition) is 2. The smallest absolute Gasteiger partial charge is 0.416 e. The first-order chi connectivity index (χ1) is 13.7.